The zero-order valence-corrected chi connectivity index (χ0v) is 17.3. The monoisotopic (exact) mass is 426 g/mol. The number of hydrogen-bond acceptors (Lipinski definition) is 5. The normalized spacial score (nSPS) is 16.3. The molecule has 1 saturated heterocycles. The van der Waals surface area contributed by atoms with E-state index in [2.05, 4.69) is 22.4 Å². The molecule has 0 bridgehead atoms. The van der Waals surface area contributed by atoms with E-state index in [1.807, 2.05) is 24.3 Å². The van der Waals surface area contributed by atoms with Gasteiger partial charge >= 0.3 is 0 Å². The van der Waals surface area contributed by atoms with Gasteiger partial charge in [0, 0.05) is 35.2 Å². The Morgan fingerprint density at radius 1 is 1.17 bits per heavy atom. The van der Waals surface area contributed by atoms with Crippen LogP contribution in [0.25, 0.3) is 0 Å². The number of nitrogens with one attached hydrogen (secondary N) is 1. The molecule has 2 amide bonds. The van der Waals surface area contributed by atoms with Crippen molar-refractivity contribution in [2.75, 3.05) is 16.8 Å². The van der Waals surface area contributed by atoms with Gasteiger partial charge in [-0.1, -0.05) is 42.0 Å². The minimum Gasteiger partial charge on any atom is -0.312 e. The second kappa shape index (κ2) is 8.31. The molecule has 1 aliphatic rings. The summed E-state index contributed by atoms with van der Waals surface area (Å²) in [6.07, 6.45) is 1.35. The lowest BCUT2D eigenvalue weighted by molar-refractivity contribution is -0.117. The Labute approximate surface area is 177 Å². The molecule has 8 heteroatoms. The van der Waals surface area contributed by atoms with Crippen LogP contribution in [0.2, 0.25) is 5.02 Å². The van der Waals surface area contributed by atoms with Gasteiger partial charge in [0.15, 0.2) is 0 Å². The minimum absolute atomic E-state index is 0.0352. The maximum atomic E-state index is 12.5. The fourth-order valence-electron chi connectivity index (χ4n) is 3.25. The Kier molecular flexibility index (Phi) is 5.60. The first-order chi connectivity index (χ1) is 14.0. The number of anilines is 2. The molecule has 2 aromatic carbocycles. The maximum Gasteiger partial charge on any atom is 0.257 e. The molecule has 1 atom stereocenters. The van der Waals surface area contributed by atoms with Gasteiger partial charge in [0.2, 0.25) is 11.0 Å². The van der Waals surface area contributed by atoms with Crippen molar-refractivity contribution >= 4 is 45.6 Å². The molecule has 0 radical (unpaired) electrons. The highest BCUT2D eigenvalue weighted by Gasteiger charge is 2.34. The van der Waals surface area contributed by atoms with Gasteiger partial charge in [0.05, 0.1) is 0 Å². The Hall–Kier alpha value is -2.77. The third-order valence-corrected chi connectivity index (χ3v) is 6.15. The zero-order valence-electron chi connectivity index (χ0n) is 15.8. The van der Waals surface area contributed by atoms with E-state index in [1.54, 1.807) is 29.2 Å². The molecule has 4 rings (SSSR count). The first kappa shape index (κ1) is 19.5. The summed E-state index contributed by atoms with van der Waals surface area (Å²) in [4.78, 5) is 26.6. The molecule has 6 nitrogen and oxygen atoms in total. The quantitative estimate of drug-likeness (QED) is 0.650. The first-order valence-electron chi connectivity index (χ1n) is 9.33. The molecule has 0 unspecified atom stereocenters. The smallest absolute Gasteiger partial charge is 0.257 e. The highest BCUT2D eigenvalue weighted by Crippen LogP contribution is 2.34. The van der Waals surface area contributed by atoms with Crippen LogP contribution >= 0.6 is 22.9 Å². The molecule has 3 aromatic rings. The van der Waals surface area contributed by atoms with E-state index in [0.29, 0.717) is 28.7 Å². The van der Waals surface area contributed by atoms with Crippen LogP contribution in [0.3, 0.4) is 0 Å². The minimum atomic E-state index is -0.274. The van der Waals surface area contributed by atoms with Crippen LogP contribution in [-0.4, -0.2) is 28.6 Å². The molecule has 1 N–H and O–H groups in total. The summed E-state index contributed by atoms with van der Waals surface area (Å²) in [7, 11) is 0. The number of aromatic nitrogens is 2. The predicted molar refractivity (Wildman–Crippen MR) is 115 cm³/mol. The molecule has 2 heterocycles. The second-order valence-corrected chi connectivity index (χ2v) is 8.28. The average molecular weight is 427 g/mol. The first-order valence-corrected chi connectivity index (χ1v) is 10.5. The molecule has 29 heavy (non-hydrogen) atoms. The fraction of sp³-hybridized carbons (Fsp3) is 0.238. The predicted octanol–water partition coefficient (Wildman–Crippen LogP) is 4.53. The number of carbonyl (C=O) groups excluding carboxylic acids is 2. The molecule has 0 spiro atoms. The van der Waals surface area contributed by atoms with E-state index in [0.717, 1.165) is 17.1 Å². The summed E-state index contributed by atoms with van der Waals surface area (Å²) in [5.41, 5.74) is 2.63. The van der Waals surface area contributed by atoms with Gasteiger partial charge in [-0.2, -0.15) is 0 Å². The number of halogens is 1. The number of hydrogen-bond donors (Lipinski definition) is 1. The molecular formula is C21H19ClN4O2S. The summed E-state index contributed by atoms with van der Waals surface area (Å²) in [6, 6.07) is 14.7. The SMILES string of the molecule is CCc1ccc(N2C[C@@H](c3nnc(NC(=O)c4ccc(Cl)cc4)s3)CC2=O)cc1. The van der Waals surface area contributed by atoms with Crippen LogP contribution < -0.4 is 10.2 Å². The second-order valence-electron chi connectivity index (χ2n) is 6.83. The van der Waals surface area contributed by atoms with Crippen molar-refractivity contribution in [1.82, 2.24) is 10.2 Å². The van der Waals surface area contributed by atoms with Gasteiger partial charge in [0.1, 0.15) is 5.01 Å². The molecular weight excluding hydrogens is 408 g/mol. The van der Waals surface area contributed by atoms with Gasteiger partial charge < -0.3 is 4.90 Å². The molecule has 1 fully saturated rings. The standard InChI is InChI=1S/C21H19ClN4O2S/c1-2-13-3-9-17(10-4-13)26-12-15(11-18(26)27)20-24-25-21(29-20)23-19(28)14-5-7-16(22)8-6-14/h3-10,15H,2,11-12H2,1H3,(H,23,25,28)/t15-/m0/s1. The van der Waals surface area contributed by atoms with E-state index in [-0.39, 0.29) is 17.7 Å². The highest BCUT2D eigenvalue weighted by atomic mass is 35.5. The van der Waals surface area contributed by atoms with E-state index in [1.165, 1.54) is 16.9 Å². The molecule has 0 aliphatic carbocycles. The number of carbonyl (C=O) groups is 2. The Bertz CT molecular complexity index is 1030. The van der Waals surface area contributed by atoms with Crippen LogP contribution in [0, 0.1) is 0 Å². The molecule has 148 valence electrons. The summed E-state index contributed by atoms with van der Waals surface area (Å²) < 4.78 is 0. The lowest BCUT2D eigenvalue weighted by Crippen LogP contribution is -2.24. The summed E-state index contributed by atoms with van der Waals surface area (Å²) in [5.74, 6) is -0.238. The van der Waals surface area contributed by atoms with Crippen molar-refractivity contribution in [3.63, 3.8) is 0 Å². The Balaban J connectivity index is 1.43. The van der Waals surface area contributed by atoms with E-state index in [4.69, 9.17) is 11.6 Å². The van der Waals surface area contributed by atoms with Crippen molar-refractivity contribution in [2.45, 2.75) is 25.7 Å². The van der Waals surface area contributed by atoms with Crippen LogP contribution in [0.4, 0.5) is 10.8 Å². The number of amides is 2. The van der Waals surface area contributed by atoms with E-state index < -0.39 is 0 Å². The Morgan fingerprint density at radius 2 is 1.90 bits per heavy atom. The lowest BCUT2D eigenvalue weighted by Gasteiger charge is -2.16. The van der Waals surface area contributed by atoms with Crippen molar-refractivity contribution in [3.8, 4) is 0 Å². The van der Waals surface area contributed by atoms with Crippen molar-refractivity contribution in [2.24, 2.45) is 0 Å². The van der Waals surface area contributed by atoms with Crippen molar-refractivity contribution in [3.05, 3.63) is 69.7 Å². The fourth-order valence-corrected chi connectivity index (χ4v) is 4.21. The highest BCUT2D eigenvalue weighted by molar-refractivity contribution is 7.15. The number of rotatable bonds is 5. The number of aryl methyl sites for hydroxylation is 1. The Morgan fingerprint density at radius 3 is 2.59 bits per heavy atom. The van der Waals surface area contributed by atoms with Crippen LogP contribution in [0.5, 0.6) is 0 Å². The van der Waals surface area contributed by atoms with Crippen molar-refractivity contribution in [1.29, 1.82) is 0 Å². The molecule has 1 aliphatic heterocycles. The van der Waals surface area contributed by atoms with E-state index >= 15 is 0 Å². The summed E-state index contributed by atoms with van der Waals surface area (Å²) in [6.45, 7) is 2.66. The third-order valence-electron chi connectivity index (χ3n) is 4.90. The third kappa shape index (κ3) is 4.31. The maximum absolute atomic E-state index is 12.5. The van der Waals surface area contributed by atoms with Crippen molar-refractivity contribution < 1.29 is 9.59 Å². The summed E-state index contributed by atoms with van der Waals surface area (Å²) >= 11 is 7.15. The van der Waals surface area contributed by atoms with Gasteiger partial charge in [-0.05, 0) is 48.4 Å². The largest absolute Gasteiger partial charge is 0.312 e. The van der Waals surface area contributed by atoms with Crippen LogP contribution in [0.1, 0.15) is 40.2 Å². The lowest BCUT2D eigenvalue weighted by atomic mass is 10.1. The van der Waals surface area contributed by atoms with Gasteiger partial charge in [0.25, 0.3) is 5.91 Å². The molecule has 0 saturated carbocycles. The van der Waals surface area contributed by atoms with Gasteiger partial charge in [-0.25, -0.2) is 0 Å². The van der Waals surface area contributed by atoms with E-state index in [9.17, 15) is 9.59 Å². The average Bonchev–Trinajstić information content (AvgIpc) is 3.35. The van der Waals surface area contributed by atoms with Crippen LogP contribution in [0.15, 0.2) is 48.5 Å². The van der Waals surface area contributed by atoms with Gasteiger partial charge in [-0.3, -0.25) is 14.9 Å². The van der Waals surface area contributed by atoms with Crippen LogP contribution in [-0.2, 0) is 11.2 Å². The zero-order chi connectivity index (χ0) is 20.4. The number of benzene rings is 2. The summed E-state index contributed by atoms with van der Waals surface area (Å²) in [5, 5.41) is 12.8. The number of nitrogens with zero attached hydrogens (tertiary/aromatic N) is 3. The molecule has 1 aromatic heterocycles. The topological polar surface area (TPSA) is 75.2 Å². The van der Waals surface area contributed by atoms with Gasteiger partial charge in [-0.15, -0.1) is 10.2 Å².